The van der Waals surface area contributed by atoms with Gasteiger partial charge in [-0.3, -0.25) is 9.78 Å². The summed E-state index contributed by atoms with van der Waals surface area (Å²) in [5.74, 6) is 0.393. The van der Waals surface area contributed by atoms with Crippen molar-refractivity contribution in [2.24, 2.45) is 5.92 Å². The van der Waals surface area contributed by atoms with Gasteiger partial charge in [0.2, 0.25) is 0 Å². The summed E-state index contributed by atoms with van der Waals surface area (Å²) in [4.78, 5) is 21.0. The van der Waals surface area contributed by atoms with Crippen molar-refractivity contribution in [1.82, 2.24) is 19.6 Å². The van der Waals surface area contributed by atoms with Crippen molar-refractivity contribution < 1.29 is 9.18 Å². The van der Waals surface area contributed by atoms with Crippen molar-refractivity contribution in [3.05, 3.63) is 42.2 Å². The number of carbonyl (C=O) groups is 1. The van der Waals surface area contributed by atoms with E-state index in [0.29, 0.717) is 23.5 Å². The molecule has 2 aliphatic carbocycles. The summed E-state index contributed by atoms with van der Waals surface area (Å²) in [7, 11) is 0. The van der Waals surface area contributed by atoms with Crippen LogP contribution in [-0.4, -0.2) is 37.6 Å². The van der Waals surface area contributed by atoms with Crippen LogP contribution in [0.3, 0.4) is 0 Å². The molecule has 162 valence electrons. The lowest BCUT2D eigenvalue weighted by molar-refractivity contribution is 0.102. The number of anilines is 3. The third kappa shape index (κ3) is 4.30. The van der Waals surface area contributed by atoms with E-state index in [2.05, 4.69) is 37.9 Å². The molecule has 3 aromatic rings. The molecule has 8 nitrogen and oxygen atoms in total. The van der Waals surface area contributed by atoms with E-state index < -0.39 is 11.7 Å². The Labute approximate surface area is 179 Å². The quantitative estimate of drug-likeness (QED) is 0.553. The van der Waals surface area contributed by atoms with Gasteiger partial charge in [0, 0.05) is 24.3 Å². The summed E-state index contributed by atoms with van der Waals surface area (Å²) >= 11 is 0. The number of nitrogens with zero attached hydrogens (tertiary/aromatic N) is 4. The molecule has 0 atom stereocenters. The fourth-order valence-electron chi connectivity index (χ4n) is 4.02. The monoisotopic (exact) mass is 423 g/mol. The van der Waals surface area contributed by atoms with Crippen molar-refractivity contribution in [3.8, 4) is 0 Å². The van der Waals surface area contributed by atoms with E-state index >= 15 is 0 Å². The Morgan fingerprint density at radius 2 is 1.81 bits per heavy atom. The Kier molecular flexibility index (Phi) is 5.17. The van der Waals surface area contributed by atoms with E-state index in [9.17, 15) is 9.18 Å². The molecule has 5 rings (SSSR count). The van der Waals surface area contributed by atoms with Crippen molar-refractivity contribution in [1.29, 1.82) is 0 Å². The second-order valence-electron chi connectivity index (χ2n) is 8.65. The zero-order chi connectivity index (χ0) is 21.4. The van der Waals surface area contributed by atoms with E-state index in [1.165, 1.54) is 35.8 Å². The van der Waals surface area contributed by atoms with Crippen LogP contribution < -0.4 is 16.0 Å². The minimum atomic E-state index is -0.595. The number of amides is 1. The Balaban J connectivity index is 1.46. The third-order valence-electron chi connectivity index (χ3n) is 6.03. The van der Waals surface area contributed by atoms with Crippen LogP contribution in [0.5, 0.6) is 0 Å². The van der Waals surface area contributed by atoms with Gasteiger partial charge in [0.05, 0.1) is 23.8 Å². The first-order valence-electron chi connectivity index (χ1n) is 10.9. The van der Waals surface area contributed by atoms with Crippen molar-refractivity contribution in [2.75, 3.05) is 16.0 Å². The molecule has 0 bridgehead atoms. The number of hydrogen-bond acceptors (Lipinski definition) is 6. The van der Waals surface area contributed by atoms with Gasteiger partial charge in [0.25, 0.3) is 5.91 Å². The van der Waals surface area contributed by atoms with Crippen LogP contribution in [0, 0.1) is 11.7 Å². The molecule has 2 aliphatic rings. The molecule has 2 saturated carbocycles. The number of rotatable bonds is 6. The van der Waals surface area contributed by atoms with Crippen LogP contribution in [-0.2, 0) is 0 Å². The molecule has 0 unspecified atom stereocenters. The van der Waals surface area contributed by atoms with Crippen molar-refractivity contribution in [3.63, 3.8) is 0 Å². The fraction of sp³-hybridized carbons (Fsp3) is 0.455. The molecule has 3 N–H and O–H groups in total. The van der Waals surface area contributed by atoms with Gasteiger partial charge in [0.1, 0.15) is 5.82 Å². The summed E-state index contributed by atoms with van der Waals surface area (Å²) in [5, 5.41) is 14.3. The predicted octanol–water partition coefficient (Wildman–Crippen LogP) is 4.08. The van der Waals surface area contributed by atoms with Crippen LogP contribution in [0.25, 0.3) is 5.65 Å². The number of nitrogens with one attached hydrogen (secondary N) is 3. The molecule has 9 heteroatoms. The molecule has 0 aromatic carbocycles. The molecule has 0 spiro atoms. The number of hydrogen-bond donors (Lipinski definition) is 3. The average Bonchev–Trinajstić information content (AvgIpc) is 3.47. The third-order valence-corrected chi connectivity index (χ3v) is 6.03. The maximum absolute atomic E-state index is 13.9. The molecule has 3 aromatic heterocycles. The topological polar surface area (TPSA) is 96.2 Å². The summed E-state index contributed by atoms with van der Waals surface area (Å²) < 4.78 is 15.5. The van der Waals surface area contributed by atoms with Gasteiger partial charge in [-0.25, -0.2) is 13.9 Å². The first-order valence-corrected chi connectivity index (χ1v) is 10.9. The van der Waals surface area contributed by atoms with Crippen molar-refractivity contribution >= 4 is 28.7 Å². The number of pyridine rings is 1. The highest BCUT2D eigenvalue weighted by Crippen LogP contribution is 2.30. The Hall–Kier alpha value is -3.23. The highest BCUT2D eigenvalue weighted by Gasteiger charge is 2.25. The lowest BCUT2D eigenvalue weighted by Gasteiger charge is -2.27. The maximum Gasteiger partial charge on any atom is 0.276 e. The van der Waals surface area contributed by atoms with Gasteiger partial charge < -0.3 is 16.0 Å². The predicted molar refractivity (Wildman–Crippen MR) is 117 cm³/mol. The minimum Gasteiger partial charge on any atom is -0.379 e. The summed E-state index contributed by atoms with van der Waals surface area (Å²) in [6, 6.07) is 4.18. The van der Waals surface area contributed by atoms with Gasteiger partial charge in [-0.1, -0.05) is 6.92 Å². The van der Waals surface area contributed by atoms with E-state index in [1.807, 2.05) is 6.07 Å². The van der Waals surface area contributed by atoms with Crippen LogP contribution >= 0.6 is 0 Å². The SMILES string of the molecule is CC1CCC(Nc2cc(NC3CC3)c3ncc(C(=O)Nc4ccncc4F)n3n2)CC1. The van der Waals surface area contributed by atoms with Gasteiger partial charge in [0.15, 0.2) is 17.2 Å². The van der Waals surface area contributed by atoms with Crippen LogP contribution in [0.1, 0.15) is 55.9 Å². The molecule has 0 radical (unpaired) electrons. The van der Waals surface area contributed by atoms with E-state index in [-0.39, 0.29) is 11.4 Å². The standard InChI is InChI=1S/C22H26FN7O/c1-13-2-4-15(5-3-13)27-20-10-18(26-14-6-7-14)21-25-12-19(30(21)29-20)22(31)28-17-8-9-24-11-16(17)23/h8-15,26H,2-7H2,1H3,(H,27,29)(H,24,28,31). The molecule has 0 aliphatic heterocycles. The first kappa shape index (κ1) is 19.7. The average molecular weight is 423 g/mol. The number of imidazole rings is 1. The molecule has 2 fully saturated rings. The van der Waals surface area contributed by atoms with Crippen LogP contribution in [0.4, 0.5) is 21.6 Å². The van der Waals surface area contributed by atoms with Gasteiger partial charge >= 0.3 is 0 Å². The highest BCUT2D eigenvalue weighted by atomic mass is 19.1. The second-order valence-corrected chi connectivity index (χ2v) is 8.65. The summed E-state index contributed by atoms with van der Waals surface area (Å²) in [6.07, 6.45) is 10.8. The van der Waals surface area contributed by atoms with Gasteiger partial charge in [-0.15, -0.1) is 5.10 Å². The molecule has 3 heterocycles. The van der Waals surface area contributed by atoms with Gasteiger partial charge in [-0.05, 0) is 50.5 Å². The van der Waals surface area contributed by atoms with Gasteiger partial charge in [-0.2, -0.15) is 0 Å². The Bertz CT molecular complexity index is 1100. The smallest absolute Gasteiger partial charge is 0.276 e. The van der Waals surface area contributed by atoms with Crippen LogP contribution in [0.15, 0.2) is 30.7 Å². The minimum absolute atomic E-state index is 0.0666. The summed E-state index contributed by atoms with van der Waals surface area (Å²) in [6.45, 7) is 2.29. The van der Waals surface area contributed by atoms with E-state index in [0.717, 1.165) is 43.5 Å². The first-order chi connectivity index (χ1) is 15.1. The lowest BCUT2D eigenvalue weighted by atomic mass is 9.87. The zero-order valence-electron chi connectivity index (χ0n) is 17.4. The molecular formula is C22H26FN7O. The second kappa shape index (κ2) is 8.13. The number of aromatic nitrogens is 4. The zero-order valence-corrected chi connectivity index (χ0v) is 17.4. The lowest BCUT2D eigenvalue weighted by Crippen LogP contribution is -2.26. The van der Waals surface area contributed by atoms with E-state index in [1.54, 1.807) is 0 Å². The Morgan fingerprint density at radius 3 is 2.55 bits per heavy atom. The summed E-state index contributed by atoms with van der Waals surface area (Å²) in [5.41, 5.74) is 1.73. The molecule has 0 saturated heterocycles. The maximum atomic E-state index is 13.9. The normalized spacial score (nSPS) is 21.1. The molecule has 1 amide bonds. The number of carbonyl (C=O) groups excluding carboxylic acids is 1. The number of fused-ring (bicyclic) bond motifs is 1. The molecular weight excluding hydrogens is 397 g/mol. The fourth-order valence-corrected chi connectivity index (χ4v) is 4.02. The van der Waals surface area contributed by atoms with E-state index in [4.69, 9.17) is 0 Å². The highest BCUT2D eigenvalue weighted by molar-refractivity contribution is 6.03. The largest absolute Gasteiger partial charge is 0.379 e. The number of halogens is 1. The Morgan fingerprint density at radius 1 is 1.06 bits per heavy atom. The van der Waals surface area contributed by atoms with Crippen molar-refractivity contribution in [2.45, 2.75) is 57.5 Å². The van der Waals surface area contributed by atoms with Crippen LogP contribution in [0.2, 0.25) is 0 Å². The molecule has 31 heavy (non-hydrogen) atoms.